The summed E-state index contributed by atoms with van der Waals surface area (Å²) in [5.74, 6) is -8.37. The molecule has 4 atom stereocenters. The van der Waals surface area contributed by atoms with E-state index < -0.39 is 41.0 Å². The molecule has 4 rings (SSSR count). The molecule has 1 aromatic carbocycles. The predicted octanol–water partition coefficient (Wildman–Crippen LogP) is 0.780. The number of halogens is 1. The zero-order chi connectivity index (χ0) is 22.0. The molecule has 0 aromatic heterocycles. The number of carbonyl (C=O) groups excluding carboxylic acids is 3. The summed E-state index contributed by atoms with van der Waals surface area (Å²) in [4.78, 5) is 37.9. The number of hydrogen-bond acceptors (Lipinski definition) is 8. The Labute approximate surface area is 185 Å². The first-order valence-electron chi connectivity index (χ1n) is 9.77. The van der Waals surface area contributed by atoms with Gasteiger partial charge in [0.2, 0.25) is 6.41 Å². The quantitative estimate of drug-likeness (QED) is 0.300. The first-order chi connectivity index (χ1) is 14.1. The number of aliphatic hydroxyl groups is 3. The second-order valence-corrected chi connectivity index (χ2v) is 8.53. The van der Waals surface area contributed by atoms with Crippen LogP contribution in [0.1, 0.15) is 28.8 Å². The molecule has 10 heteroatoms. The van der Waals surface area contributed by atoms with Gasteiger partial charge in [-0.3, -0.25) is 14.4 Å². The lowest BCUT2D eigenvalue weighted by Crippen LogP contribution is -2.63. The highest BCUT2D eigenvalue weighted by molar-refractivity contribution is 6.05. The van der Waals surface area contributed by atoms with E-state index in [2.05, 4.69) is 0 Å². The van der Waals surface area contributed by atoms with Gasteiger partial charge < -0.3 is 20.4 Å². The van der Waals surface area contributed by atoms with Gasteiger partial charge in [0.15, 0.2) is 17.4 Å². The zero-order valence-corrected chi connectivity index (χ0v) is 17.9. The number of aliphatic hydroxyl groups excluding tert-OH is 1. The number of Topliss-reactive ketones (excluding diaryl/α,β-unsaturated/α-hetero) is 2. The lowest BCUT2D eigenvalue weighted by atomic mass is 9.55. The number of aromatic hydroxyl groups is 1. The number of rotatable bonds is 3. The molecule has 168 valence electrons. The van der Waals surface area contributed by atoms with E-state index in [0.29, 0.717) is 24.8 Å². The van der Waals surface area contributed by atoms with Crippen LogP contribution in [0.15, 0.2) is 29.7 Å². The summed E-state index contributed by atoms with van der Waals surface area (Å²) < 4.78 is 0. The summed E-state index contributed by atoms with van der Waals surface area (Å²) in [6, 6.07) is 4.70. The van der Waals surface area contributed by atoms with E-state index >= 15 is 0 Å². The summed E-state index contributed by atoms with van der Waals surface area (Å²) in [5, 5.41) is 45.1. The number of hydrogen-bond donors (Lipinski definition) is 4. The Morgan fingerprint density at radius 2 is 1.65 bits per heavy atom. The van der Waals surface area contributed by atoms with Crippen LogP contribution in [0.5, 0.6) is 5.75 Å². The largest absolute Gasteiger partial charge is 0.510 e. The number of phenols is 1. The van der Waals surface area contributed by atoms with Crippen molar-refractivity contribution in [3.05, 3.63) is 40.8 Å². The fourth-order valence-corrected chi connectivity index (χ4v) is 5.47. The van der Waals surface area contributed by atoms with E-state index in [4.69, 9.17) is 0 Å². The van der Waals surface area contributed by atoms with E-state index in [1.165, 1.54) is 25.2 Å². The molecule has 0 aliphatic heterocycles. The molecular weight excluding hydrogens is 428 g/mol. The Balaban J connectivity index is 0.00000272. The Morgan fingerprint density at radius 3 is 2.26 bits per heavy atom. The van der Waals surface area contributed by atoms with Gasteiger partial charge in [-0.2, -0.15) is 0 Å². The first-order valence-corrected chi connectivity index (χ1v) is 9.77. The minimum absolute atomic E-state index is 0. The SMILES string of the molecule is CN(C)N(C=O)C1=C(O)CC2CC3Cc4cccc(O)c4C(=O)C3C(O)(O)C2C1=O.Cl. The van der Waals surface area contributed by atoms with Crippen LogP contribution in [0.4, 0.5) is 0 Å². The van der Waals surface area contributed by atoms with Crippen LogP contribution in [0, 0.1) is 23.7 Å². The third-order valence-electron chi connectivity index (χ3n) is 6.61. The van der Waals surface area contributed by atoms with Crippen molar-refractivity contribution in [1.82, 2.24) is 10.0 Å². The van der Waals surface area contributed by atoms with Gasteiger partial charge in [0.05, 0.1) is 17.4 Å². The Bertz CT molecular complexity index is 974. The van der Waals surface area contributed by atoms with E-state index in [9.17, 15) is 34.8 Å². The molecule has 1 saturated carbocycles. The Hall–Kier alpha value is -2.46. The smallest absolute Gasteiger partial charge is 0.228 e. The molecule has 3 aliphatic carbocycles. The van der Waals surface area contributed by atoms with Gasteiger partial charge in [-0.05, 0) is 36.3 Å². The summed E-state index contributed by atoms with van der Waals surface area (Å²) in [7, 11) is 3.00. The average molecular weight is 453 g/mol. The Morgan fingerprint density at radius 1 is 1.03 bits per heavy atom. The van der Waals surface area contributed by atoms with E-state index in [1.54, 1.807) is 12.1 Å². The molecule has 1 amide bonds. The maximum atomic E-state index is 13.3. The van der Waals surface area contributed by atoms with Gasteiger partial charge >= 0.3 is 0 Å². The molecule has 4 N–H and O–H groups in total. The number of allylic oxidation sites excluding steroid dienone is 2. The molecule has 31 heavy (non-hydrogen) atoms. The fourth-order valence-electron chi connectivity index (χ4n) is 5.47. The van der Waals surface area contributed by atoms with Gasteiger partial charge in [0, 0.05) is 20.5 Å². The van der Waals surface area contributed by atoms with Crippen LogP contribution >= 0.6 is 12.4 Å². The Kier molecular flexibility index (Phi) is 5.92. The average Bonchev–Trinajstić information content (AvgIpc) is 2.63. The topological polar surface area (TPSA) is 139 Å². The molecular formula is C21H25ClN2O7. The van der Waals surface area contributed by atoms with Crippen molar-refractivity contribution in [3.8, 4) is 5.75 Å². The third-order valence-corrected chi connectivity index (χ3v) is 6.61. The molecule has 9 nitrogen and oxygen atoms in total. The molecule has 4 unspecified atom stereocenters. The number of hydrazine groups is 1. The van der Waals surface area contributed by atoms with Crippen LogP contribution in [-0.2, 0) is 16.0 Å². The molecule has 0 spiro atoms. The number of nitrogens with zero attached hydrogens (tertiary/aromatic N) is 2. The van der Waals surface area contributed by atoms with Crippen molar-refractivity contribution in [1.29, 1.82) is 0 Å². The predicted molar refractivity (Wildman–Crippen MR) is 110 cm³/mol. The number of ketones is 2. The molecule has 0 heterocycles. The molecule has 0 saturated heterocycles. The third kappa shape index (κ3) is 3.32. The summed E-state index contributed by atoms with van der Waals surface area (Å²) in [5.41, 5.74) is 0.348. The lowest BCUT2D eigenvalue weighted by Gasteiger charge is -2.52. The van der Waals surface area contributed by atoms with E-state index in [-0.39, 0.29) is 41.6 Å². The molecule has 0 bridgehead atoms. The lowest BCUT2D eigenvalue weighted by molar-refractivity contribution is -0.259. The van der Waals surface area contributed by atoms with Gasteiger partial charge in [-0.1, -0.05) is 12.1 Å². The number of fused-ring (bicyclic) bond motifs is 3. The van der Waals surface area contributed by atoms with Crippen LogP contribution < -0.4 is 0 Å². The highest BCUT2D eigenvalue weighted by Crippen LogP contribution is 2.53. The van der Waals surface area contributed by atoms with E-state index in [1.807, 2.05) is 0 Å². The second-order valence-electron chi connectivity index (χ2n) is 8.53. The molecule has 1 fully saturated rings. The fraction of sp³-hybridized carbons (Fsp3) is 0.476. The van der Waals surface area contributed by atoms with Gasteiger partial charge in [-0.15, -0.1) is 12.4 Å². The first kappa shape index (κ1) is 23.2. The van der Waals surface area contributed by atoms with Gasteiger partial charge in [0.25, 0.3) is 0 Å². The standard InChI is InChI=1S/C21H24N2O7.ClH/c1-22(2)23(9-24)18-14(26)8-12-7-11-6-10-4-3-5-13(25)15(10)19(27)16(11)21(29,30)17(12)20(18)28;/h3-5,9,11-12,16-17,25-26,29-30H,6-8H2,1-2H3;1H. The minimum Gasteiger partial charge on any atom is -0.510 e. The zero-order valence-electron chi connectivity index (χ0n) is 17.1. The van der Waals surface area contributed by atoms with Crippen molar-refractivity contribution < 1.29 is 34.8 Å². The van der Waals surface area contributed by atoms with Gasteiger partial charge in [-0.25, -0.2) is 10.0 Å². The van der Waals surface area contributed by atoms with Crippen molar-refractivity contribution >= 4 is 30.4 Å². The maximum Gasteiger partial charge on any atom is 0.228 e. The number of carbonyl (C=O) groups is 3. The normalized spacial score (nSPS) is 28.9. The highest BCUT2D eigenvalue weighted by atomic mass is 35.5. The molecule has 1 aromatic rings. The van der Waals surface area contributed by atoms with Crippen LogP contribution in [0.2, 0.25) is 0 Å². The van der Waals surface area contributed by atoms with Crippen LogP contribution in [-0.4, -0.2) is 68.3 Å². The maximum absolute atomic E-state index is 13.3. The van der Waals surface area contributed by atoms with Crippen molar-refractivity contribution in [2.75, 3.05) is 14.1 Å². The summed E-state index contributed by atoms with van der Waals surface area (Å²) in [6.07, 6.45) is 1.00. The minimum atomic E-state index is -2.69. The summed E-state index contributed by atoms with van der Waals surface area (Å²) >= 11 is 0. The van der Waals surface area contributed by atoms with Crippen molar-refractivity contribution in [2.24, 2.45) is 23.7 Å². The monoisotopic (exact) mass is 452 g/mol. The van der Waals surface area contributed by atoms with Gasteiger partial charge in [0.1, 0.15) is 17.2 Å². The number of benzene rings is 1. The molecule has 3 aliphatic rings. The summed E-state index contributed by atoms with van der Waals surface area (Å²) in [6.45, 7) is 0. The number of phenolic OH excluding ortho intramolecular Hbond substituents is 1. The van der Waals surface area contributed by atoms with Crippen molar-refractivity contribution in [2.45, 2.75) is 25.0 Å². The molecule has 0 radical (unpaired) electrons. The van der Waals surface area contributed by atoms with E-state index in [0.717, 1.165) is 5.01 Å². The van der Waals surface area contributed by atoms with Crippen LogP contribution in [0.25, 0.3) is 0 Å². The second kappa shape index (κ2) is 7.90. The highest BCUT2D eigenvalue weighted by Gasteiger charge is 2.62. The van der Waals surface area contributed by atoms with Crippen molar-refractivity contribution in [3.63, 3.8) is 0 Å². The number of amides is 1. The van der Waals surface area contributed by atoms with Crippen LogP contribution in [0.3, 0.4) is 0 Å².